The number of ether oxygens (including phenoxy) is 4. The number of aliphatic carboxylic acids is 1. The lowest BCUT2D eigenvalue weighted by Gasteiger charge is -2.26. The second-order valence-corrected chi connectivity index (χ2v) is 18.1. The van der Waals surface area contributed by atoms with Crippen molar-refractivity contribution in [2.24, 2.45) is 0 Å². The van der Waals surface area contributed by atoms with Gasteiger partial charge in [0.05, 0.1) is 40.3 Å². The van der Waals surface area contributed by atoms with Gasteiger partial charge in [0, 0.05) is 12.8 Å². The molecule has 2 atom stereocenters. The smallest absolute Gasteiger partial charge is 0.306 e. The number of hydrogen-bond donors (Lipinski definition) is 0. The molecule has 0 aromatic carbocycles. The highest BCUT2D eigenvalue weighted by molar-refractivity contribution is 5.70. The predicted molar refractivity (Wildman–Crippen MR) is 246 cm³/mol. The van der Waals surface area contributed by atoms with Crippen LogP contribution in [0.2, 0.25) is 0 Å². The highest BCUT2D eigenvalue weighted by Crippen LogP contribution is 2.15. The van der Waals surface area contributed by atoms with E-state index in [-0.39, 0.29) is 38.6 Å². The van der Waals surface area contributed by atoms with Crippen LogP contribution in [-0.2, 0) is 33.3 Å². The van der Waals surface area contributed by atoms with Crippen LogP contribution in [0, 0.1) is 0 Å². The Kier molecular flexibility index (Phi) is 41.8. The van der Waals surface area contributed by atoms with Gasteiger partial charge in [0.2, 0.25) is 0 Å². The van der Waals surface area contributed by atoms with E-state index in [1.54, 1.807) is 0 Å². The molecule has 0 rings (SSSR count). The van der Waals surface area contributed by atoms with E-state index in [0.717, 1.165) is 57.8 Å². The number of carboxylic acid groups (broad SMARTS) is 1. The first kappa shape index (κ1) is 57.8. The average Bonchev–Trinajstić information content (AvgIpc) is 3.21. The van der Waals surface area contributed by atoms with E-state index in [4.69, 9.17) is 18.9 Å². The maximum atomic E-state index is 12.8. The average molecular weight is 850 g/mol. The van der Waals surface area contributed by atoms with E-state index in [2.05, 4.69) is 38.2 Å². The van der Waals surface area contributed by atoms with Gasteiger partial charge in [-0.15, -0.1) is 0 Å². The summed E-state index contributed by atoms with van der Waals surface area (Å²) in [4.78, 5) is 37.1. The normalized spacial score (nSPS) is 13.0. The Morgan fingerprint density at radius 3 is 1.23 bits per heavy atom. The van der Waals surface area contributed by atoms with Crippen LogP contribution in [0.1, 0.15) is 226 Å². The molecule has 9 nitrogen and oxygen atoms in total. The topological polar surface area (TPSA) is 111 Å². The van der Waals surface area contributed by atoms with Crippen molar-refractivity contribution in [3.8, 4) is 0 Å². The number of quaternary nitrogens is 1. The molecule has 60 heavy (non-hydrogen) atoms. The first-order valence-electron chi connectivity index (χ1n) is 25.0. The fourth-order valence-electron chi connectivity index (χ4n) is 7.00. The fraction of sp³-hybridized carbons (Fsp3) is 0.863. The van der Waals surface area contributed by atoms with E-state index in [9.17, 15) is 19.5 Å². The summed E-state index contributed by atoms with van der Waals surface area (Å²) >= 11 is 0. The van der Waals surface area contributed by atoms with Crippen LogP contribution in [0.15, 0.2) is 24.3 Å². The van der Waals surface area contributed by atoms with Gasteiger partial charge in [0.15, 0.2) is 12.4 Å². The third kappa shape index (κ3) is 43.8. The molecule has 0 radical (unpaired) electrons. The number of carbonyl (C=O) groups is 3. The minimum atomic E-state index is -1.62. The summed E-state index contributed by atoms with van der Waals surface area (Å²) in [7, 11) is 5.91. The summed E-state index contributed by atoms with van der Waals surface area (Å²) in [6.07, 6.45) is 44.9. The molecule has 0 saturated carbocycles. The SMILES string of the molecule is CCCCCCC/C=C\CCCCCCCC(=O)OCC(COC(OCC[N+](C)(C)C)C(=O)[O-])OC(=O)CCCCCCCCCCC/C=C\CCCCCCCCCC. The predicted octanol–water partition coefficient (Wildman–Crippen LogP) is 12.3. The molecule has 0 amide bonds. The van der Waals surface area contributed by atoms with Crippen LogP contribution < -0.4 is 5.11 Å². The number of carboxylic acids is 1. The van der Waals surface area contributed by atoms with Crippen LogP contribution in [0.4, 0.5) is 0 Å². The Hall–Kier alpha value is -2.23. The molecule has 0 bridgehead atoms. The van der Waals surface area contributed by atoms with Gasteiger partial charge in [-0.1, -0.05) is 173 Å². The minimum Gasteiger partial charge on any atom is -0.545 e. The first-order chi connectivity index (χ1) is 29.1. The lowest BCUT2D eigenvalue weighted by molar-refractivity contribution is -0.870. The second kappa shape index (κ2) is 43.4. The maximum Gasteiger partial charge on any atom is 0.306 e. The summed E-state index contributed by atoms with van der Waals surface area (Å²) in [5.41, 5.74) is 0. The molecule has 0 aromatic rings. The number of esters is 2. The molecular formula is C51H95NO8. The van der Waals surface area contributed by atoms with E-state index in [0.29, 0.717) is 17.4 Å². The number of likely N-dealkylation sites (N-methyl/N-ethyl adjacent to an activating group) is 1. The summed E-state index contributed by atoms with van der Waals surface area (Å²) in [6, 6.07) is 0. The Bertz CT molecular complexity index is 1040. The molecule has 0 aliphatic heterocycles. The number of unbranched alkanes of at least 4 members (excludes halogenated alkanes) is 27. The molecule has 0 N–H and O–H groups in total. The molecule has 352 valence electrons. The van der Waals surface area contributed by atoms with Gasteiger partial charge < -0.3 is 33.3 Å². The number of carbonyl (C=O) groups excluding carboxylic acids is 3. The summed E-state index contributed by atoms with van der Waals surface area (Å²) in [6.45, 7) is 4.74. The minimum absolute atomic E-state index is 0.147. The molecule has 0 fully saturated rings. The molecular weight excluding hydrogens is 755 g/mol. The van der Waals surface area contributed by atoms with Crippen LogP contribution >= 0.6 is 0 Å². The second-order valence-electron chi connectivity index (χ2n) is 18.1. The van der Waals surface area contributed by atoms with Gasteiger partial charge >= 0.3 is 11.9 Å². The van der Waals surface area contributed by atoms with Crippen molar-refractivity contribution >= 4 is 17.9 Å². The van der Waals surface area contributed by atoms with Crippen molar-refractivity contribution in [3.05, 3.63) is 24.3 Å². The lowest BCUT2D eigenvalue weighted by atomic mass is 10.1. The Morgan fingerprint density at radius 2 is 0.850 bits per heavy atom. The van der Waals surface area contributed by atoms with Gasteiger partial charge in [0.1, 0.15) is 13.2 Å². The van der Waals surface area contributed by atoms with Crippen LogP contribution in [0.3, 0.4) is 0 Å². The van der Waals surface area contributed by atoms with Crippen molar-refractivity contribution in [2.75, 3.05) is 47.5 Å². The molecule has 2 unspecified atom stereocenters. The standard InChI is InChI=1S/C51H95NO8/c1-6-8-10-12-14-16-18-20-22-23-24-25-26-27-28-30-32-34-36-38-40-42-49(54)60-47(46-59-51(50(55)56)57-44-43-52(3,4)5)45-58-48(53)41-39-37-35-33-31-29-21-19-17-15-13-11-9-7-2/h19,21,23-24,47,51H,6-18,20,22,25-46H2,1-5H3/b21-19-,24-23-. The van der Waals surface area contributed by atoms with E-state index in [1.165, 1.54) is 135 Å². The zero-order valence-electron chi connectivity index (χ0n) is 39.8. The Morgan fingerprint density at radius 1 is 0.483 bits per heavy atom. The third-order valence-electron chi connectivity index (χ3n) is 10.9. The molecule has 0 heterocycles. The van der Waals surface area contributed by atoms with Gasteiger partial charge in [-0.25, -0.2) is 0 Å². The van der Waals surface area contributed by atoms with Crippen molar-refractivity contribution in [2.45, 2.75) is 238 Å². The quantitative estimate of drug-likeness (QED) is 0.0196. The lowest BCUT2D eigenvalue weighted by Crippen LogP contribution is -2.44. The van der Waals surface area contributed by atoms with Crippen molar-refractivity contribution in [3.63, 3.8) is 0 Å². The van der Waals surface area contributed by atoms with Gasteiger partial charge in [0.25, 0.3) is 0 Å². The molecule has 0 aliphatic carbocycles. The van der Waals surface area contributed by atoms with Crippen molar-refractivity contribution in [1.29, 1.82) is 0 Å². The van der Waals surface area contributed by atoms with Crippen LogP contribution in [0.25, 0.3) is 0 Å². The number of allylic oxidation sites excluding steroid dienone is 4. The van der Waals surface area contributed by atoms with Gasteiger partial charge in [-0.2, -0.15) is 0 Å². The molecule has 0 aliphatic rings. The van der Waals surface area contributed by atoms with E-state index in [1.807, 2.05) is 21.1 Å². The molecule has 0 saturated heterocycles. The summed E-state index contributed by atoms with van der Waals surface area (Å²) in [5.74, 6) is -2.29. The first-order valence-corrected chi connectivity index (χ1v) is 25.0. The van der Waals surface area contributed by atoms with E-state index < -0.39 is 24.3 Å². The van der Waals surface area contributed by atoms with Crippen LogP contribution in [0.5, 0.6) is 0 Å². The Labute approximate surface area is 369 Å². The largest absolute Gasteiger partial charge is 0.545 e. The highest BCUT2D eigenvalue weighted by atomic mass is 16.7. The number of hydrogen-bond acceptors (Lipinski definition) is 8. The number of nitrogens with zero attached hydrogens (tertiary/aromatic N) is 1. The zero-order valence-corrected chi connectivity index (χ0v) is 39.8. The maximum absolute atomic E-state index is 12.8. The van der Waals surface area contributed by atoms with Crippen molar-refractivity contribution < 1.29 is 42.9 Å². The zero-order chi connectivity index (χ0) is 44.2. The molecule has 0 aromatic heterocycles. The van der Waals surface area contributed by atoms with Crippen LogP contribution in [-0.4, -0.2) is 82.3 Å². The highest BCUT2D eigenvalue weighted by Gasteiger charge is 2.21. The monoisotopic (exact) mass is 850 g/mol. The van der Waals surface area contributed by atoms with Crippen molar-refractivity contribution in [1.82, 2.24) is 0 Å². The third-order valence-corrected chi connectivity index (χ3v) is 10.9. The van der Waals surface area contributed by atoms with Gasteiger partial charge in [-0.05, 0) is 64.2 Å². The Balaban J connectivity index is 4.34. The molecule has 0 spiro atoms. The summed E-state index contributed by atoms with van der Waals surface area (Å²) in [5, 5.41) is 11.7. The molecule has 9 heteroatoms. The van der Waals surface area contributed by atoms with Gasteiger partial charge in [-0.3, -0.25) is 9.59 Å². The van der Waals surface area contributed by atoms with E-state index >= 15 is 0 Å². The fourth-order valence-corrected chi connectivity index (χ4v) is 7.00. The summed E-state index contributed by atoms with van der Waals surface area (Å²) < 4.78 is 22.6. The number of rotatable bonds is 46.